The SMILES string of the molecule is [2H]c1oc2c(c1[2H])c([2H])c(-c1c3c([2H])c([2H])c([2H])c([2H])c3c(-c3c([2H])c([2H])c([2H])c([2H])c3[2H])c3c([2H])c([2H])c([2H])c([2H])c13)c1c2oc2c([2H])c([2H])c([2H])c([2H])c21. The molecular formula is C34H20O2. The molecule has 0 aliphatic heterocycles. The zero-order valence-corrected chi connectivity index (χ0v) is 17.8. The molecule has 168 valence electrons. The van der Waals surface area contributed by atoms with Crippen molar-refractivity contribution in [1.82, 2.24) is 0 Å². The van der Waals surface area contributed by atoms with E-state index in [1.54, 1.807) is 0 Å². The zero-order valence-electron chi connectivity index (χ0n) is 37.8. The van der Waals surface area contributed by atoms with E-state index in [0.29, 0.717) is 0 Å². The predicted molar refractivity (Wildman–Crippen MR) is 149 cm³/mol. The Bertz CT molecular complexity index is 3090. The molecule has 2 nitrogen and oxygen atoms in total. The van der Waals surface area contributed by atoms with Gasteiger partial charge in [-0.2, -0.15) is 0 Å². The monoisotopic (exact) mass is 480 g/mol. The molecule has 0 radical (unpaired) electrons. The van der Waals surface area contributed by atoms with E-state index in [2.05, 4.69) is 0 Å². The minimum atomic E-state index is -0.878. The average Bonchev–Trinajstić information content (AvgIpc) is 3.71. The van der Waals surface area contributed by atoms with Gasteiger partial charge in [0.2, 0.25) is 0 Å². The number of hydrogen-bond donors (Lipinski definition) is 0. The molecule has 2 heteroatoms. The van der Waals surface area contributed by atoms with Crippen LogP contribution in [0.3, 0.4) is 0 Å². The summed E-state index contributed by atoms with van der Waals surface area (Å²) in [5, 5.41) is -3.43. The zero-order chi connectivity index (χ0) is 41.0. The molecule has 0 saturated carbocycles. The lowest BCUT2D eigenvalue weighted by Gasteiger charge is -2.18. The maximum absolute atomic E-state index is 9.59. The molecule has 36 heavy (non-hydrogen) atoms. The first-order valence-electron chi connectivity index (χ1n) is 20.6. The second-order valence-electron chi connectivity index (χ2n) is 7.79. The number of hydrogen-bond acceptors (Lipinski definition) is 2. The van der Waals surface area contributed by atoms with Crippen LogP contribution in [-0.4, -0.2) is 0 Å². The fourth-order valence-corrected chi connectivity index (χ4v) is 4.58. The quantitative estimate of drug-likeness (QED) is 0.230. The first-order valence-corrected chi connectivity index (χ1v) is 10.6. The maximum Gasteiger partial charge on any atom is 0.179 e. The molecular weight excluding hydrogens is 440 g/mol. The number of benzene rings is 6. The van der Waals surface area contributed by atoms with Crippen molar-refractivity contribution in [3.05, 3.63) is 121 Å². The minimum Gasteiger partial charge on any atom is -0.460 e. The van der Waals surface area contributed by atoms with Gasteiger partial charge in [-0.25, -0.2) is 0 Å². The van der Waals surface area contributed by atoms with Gasteiger partial charge in [-0.1, -0.05) is 96.7 Å². The van der Waals surface area contributed by atoms with Crippen LogP contribution in [0.25, 0.3) is 76.7 Å². The van der Waals surface area contributed by atoms with Gasteiger partial charge in [0.15, 0.2) is 11.2 Å². The largest absolute Gasteiger partial charge is 0.460 e. The molecule has 0 fully saturated rings. The Hall–Kier alpha value is -4.82. The summed E-state index contributed by atoms with van der Waals surface area (Å²) in [6.45, 7) is 0. The minimum absolute atomic E-state index is 0.351. The number of para-hydroxylation sites is 1. The highest BCUT2D eigenvalue weighted by atomic mass is 16.4. The van der Waals surface area contributed by atoms with Crippen LogP contribution >= 0.6 is 0 Å². The highest BCUT2D eigenvalue weighted by Gasteiger charge is 2.22. The number of fused-ring (bicyclic) bond motifs is 7. The molecule has 0 atom stereocenters. The van der Waals surface area contributed by atoms with Crippen LogP contribution in [-0.2, 0) is 0 Å². The van der Waals surface area contributed by atoms with Gasteiger partial charge in [0, 0.05) is 16.2 Å². The van der Waals surface area contributed by atoms with Gasteiger partial charge in [0.05, 0.1) is 32.3 Å². The summed E-state index contributed by atoms with van der Waals surface area (Å²) in [4.78, 5) is 0. The summed E-state index contributed by atoms with van der Waals surface area (Å²) >= 11 is 0. The first-order chi connectivity index (χ1) is 26.2. The Morgan fingerprint density at radius 2 is 1.11 bits per heavy atom. The van der Waals surface area contributed by atoms with Crippen LogP contribution in [0.1, 0.15) is 27.4 Å². The normalized spacial score (nSPS) is 19.7. The van der Waals surface area contributed by atoms with Crippen molar-refractivity contribution in [2.75, 3.05) is 0 Å². The second-order valence-corrected chi connectivity index (χ2v) is 7.79. The highest BCUT2D eigenvalue weighted by molar-refractivity contribution is 6.28. The third-order valence-corrected chi connectivity index (χ3v) is 5.97. The molecule has 8 rings (SSSR count). The molecule has 0 aliphatic rings. The predicted octanol–water partition coefficient (Wildman–Crippen LogP) is 9.97. The lowest BCUT2D eigenvalue weighted by atomic mass is 9.84. The summed E-state index contributed by atoms with van der Waals surface area (Å²) in [7, 11) is 0. The summed E-state index contributed by atoms with van der Waals surface area (Å²) in [6.07, 6.45) is -0.762. The van der Waals surface area contributed by atoms with Crippen LogP contribution in [0.2, 0.25) is 0 Å². The van der Waals surface area contributed by atoms with Gasteiger partial charge < -0.3 is 8.83 Å². The van der Waals surface area contributed by atoms with Crippen molar-refractivity contribution in [3.63, 3.8) is 0 Å². The van der Waals surface area contributed by atoms with E-state index in [4.69, 9.17) is 29.4 Å². The van der Waals surface area contributed by atoms with Crippen molar-refractivity contribution in [2.45, 2.75) is 0 Å². The molecule has 0 spiro atoms. The van der Waals surface area contributed by atoms with E-state index in [-0.39, 0.29) is 10.8 Å². The molecule has 6 aromatic carbocycles. The standard InChI is InChI=1S/C34H20O2/c1-2-10-21(11-3-1)30-23-12-4-6-14-25(23)31(26-15-7-5-13-24(26)30)28-20-22-18-19-35-33(22)34-32(28)27-16-8-9-17-29(27)36-34/h1-20H/i1D,2D,3D,4D,5D,6D,7D,8D,9D,10D,11D,12D,13D,14D,15D,16D,17D,18D,19D,20D. The Kier molecular flexibility index (Phi) is 1.71. The fraction of sp³-hybridized carbons (Fsp3) is 0. The van der Waals surface area contributed by atoms with Crippen LogP contribution in [0.4, 0.5) is 0 Å². The van der Waals surface area contributed by atoms with Gasteiger partial charge in [0.25, 0.3) is 0 Å². The average molecular weight is 481 g/mol. The van der Waals surface area contributed by atoms with Crippen molar-refractivity contribution < 1.29 is 36.2 Å². The van der Waals surface area contributed by atoms with Gasteiger partial charge >= 0.3 is 0 Å². The smallest absolute Gasteiger partial charge is 0.179 e. The van der Waals surface area contributed by atoms with Gasteiger partial charge in [0.1, 0.15) is 6.95 Å². The van der Waals surface area contributed by atoms with Crippen molar-refractivity contribution in [1.29, 1.82) is 0 Å². The van der Waals surface area contributed by atoms with E-state index < -0.39 is 187 Å². The number of rotatable bonds is 2. The summed E-state index contributed by atoms with van der Waals surface area (Å²) < 4.78 is 187. The third-order valence-electron chi connectivity index (χ3n) is 5.97. The van der Waals surface area contributed by atoms with Crippen LogP contribution in [0.5, 0.6) is 0 Å². The van der Waals surface area contributed by atoms with E-state index >= 15 is 0 Å². The van der Waals surface area contributed by atoms with E-state index in [1.165, 1.54) is 0 Å². The Labute approximate surface area is 235 Å². The molecule has 2 aromatic heterocycles. The summed E-state index contributed by atoms with van der Waals surface area (Å²) in [6, 6.07) is -15.4. The topological polar surface area (TPSA) is 26.3 Å². The molecule has 0 N–H and O–H groups in total. The van der Waals surface area contributed by atoms with Crippen LogP contribution < -0.4 is 0 Å². The summed E-state index contributed by atoms with van der Waals surface area (Å²) in [5.41, 5.74) is -3.54. The van der Waals surface area contributed by atoms with Crippen molar-refractivity contribution in [3.8, 4) is 22.3 Å². The third kappa shape index (κ3) is 2.61. The lowest BCUT2D eigenvalue weighted by Crippen LogP contribution is -1.91. The maximum atomic E-state index is 9.59. The molecule has 0 saturated heterocycles. The lowest BCUT2D eigenvalue weighted by molar-refractivity contribution is 0.600. The second kappa shape index (κ2) is 7.34. The molecule has 0 unspecified atom stereocenters. The molecule has 8 aromatic rings. The Balaban J connectivity index is 1.85. The Morgan fingerprint density at radius 3 is 1.81 bits per heavy atom. The summed E-state index contributed by atoms with van der Waals surface area (Å²) in [5.74, 6) is 0. The molecule has 0 amide bonds. The molecule has 0 bridgehead atoms. The van der Waals surface area contributed by atoms with Gasteiger partial charge in [-0.05, 0) is 61.9 Å². The fourth-order valence-electron chi connectivity index (χ4n) is 4.58. The first kappa shape index (κ1) is 8.39. The van der Waals surface area contributed by atoms with Crippen molar-refractivity contribution >= 4 is 54.5 Å². The Morgan fingerprint density at radius 1 is 0.528 bits per heavy atom. The van der Waals surface area contributed by atoms with E-state index in [9.17, 15) is 6.85 Å². The highest BCUT2D eigenvalue weighted by Crippen LogP contribution is 2.48. The van der Waals surface area contributed by atoms with Gasteiger partial charge in [-0.3, -0.25) is 0 Å². The molecule has 2 heterocycles. The number of furan rings is 2. The van der Waals surface area contributed by atoms with Crippen LogP contribution in [0.15, 0.2) is 130 Å². The van der Waals surface area contributed by atoms with E-state index in [1.807, 2.05) is 0 Å². The van der Waals surface area contributed by atoms with Crippen molar-refractivity contribution in [2.24, 2.45) is 0 Å². The molecule has 0 aliphatic carbocycles. The van der Waals surface area contributed by atoms with E-state index in [0.717, 1.165) is 0 Å². The van der Waals surface area contributed by atoms with Gasteiger partial charge in [-0.15, -0.1) is 0 Å². The van der Waals surface area contributed by atoms with Crippen LogP contribution in [0, 0.1) is 0 Å².